The second-order valence-corrected chi connectivity index (χ2v) is 5.33. The fraction of sp³-hybridized carbons (Fsp3) is 0.357. The van der Waals surface area contributed by atoms with E-state index in [0.717, 1.165) is 22.5 Å². The van der Waals surface area contributed by atoms with Gasteiger partial charge in [0.25, 0.3) is 0 Å². The molecule has 0 unspecified atom stereocenters. The van der Waals surface area contributed by atoms with Gasteiger partial charge in [-0.2, -0.15) is 0 Å². The van der Waals surface area contributed by atoms with Gasteiger partial charge in [0, 0.05) is 19.0 Å². The third kappa shape index (κ3) is 2.35. The predicted molar refractivity (Wildman–Crippen MR) is 78.6 cm³/mol. The minimum absolute atomic E-state index is 0.615. The summed E-state index contributed by atoms with van der Waals surface area (Å²) < 4.78 is 3.07. The van der Waals surface area contributed by atoms with Gasteiger partial charge >= 0.3 is 0 Å². The van der Waals surface area contributed by atoms with Crippen LogP contribution < -0.4 is 5.73 Å². The maximum Gasteiger partial charge on any atom is 0.112 e. The van der Waals surface area contributed by atoms with Crippen molar-refractivity contribution in [3.8, 4) is 11.3 Å². The lowest BCUT2D eigenvalue weighted by molar-refractivity contribution is 0.767. The molecule has 0 amide bonds. The molecule has 1 heterocycles. The number of nitrogens with zero attached hydrogens (tertiary/aromatic N) is 2. The molecule has 0 saturated heterocycles. The minimum Gasteiger partial charge on any atom is -0.330 e. The summed E-state index contributed by atoms with van der Waals surface area (Å²) in [5, 5.41) is 0. The molecule has 0 spiro atoms. The third-order valence-corrected chi connectivity index (χ3v) is 4.03. The summed E-state index contributed by atoms with van der Waals surface area (Å²) in [7, 11) is 2.01. The van der Waals surface area contributed by atoms with Crippen molar-refractivity contribution in [1.29, 1.82) is 0 Å². The summed E-state index contributed by atoms with van der Waals surface area (Å²) in [5.41, 5.74) is 10.3. The van der Waals surface area contributed by atoms with Crippen LogP contribution >= 0.6 is 15.9 Å². The second-order valence-electron chi connectivity index (χ2n) is 4.58. The molecule has 0 saturated carbocycles. The Morgan fingerprint density at radius 1 is 1.33 bits per heavy atom. The fourth-order valence-corrected chi connectivity index (χ4v) is 2.63. The van der Waals surface area contributed by atoms with Crippen LogP contribution in [0.4, 0.5) is 0 Å². The number of halogens is 1. The maximum absolute atomic E-state index is 5.61. The van der Waals surface area contributed by atoms with Crippen LogP contribution in [-0.4, -0.2) is 16.1 Å². The average molecular weight is 308 g/mol. The molecule has 18 heavy (non-hydrogen) atoms. The highest BCUT2D eigenvalue weighted by atomic mass is 79.9. The lowest BCUT2D eigenvalue weighted by Gasteiger charge is -2.05. The number of hydrogen-bond acceptors (Lipinski definition) is 2. The lowest BCUT2D eigenvalue weighted by atomic mass is 10.0. The van der Waals surface area contributed by atoms with E-state index in [0.29, 0.717) is 6.54 Å². The molecule has 2 rings (SSSR count). The number of imidazole rings is 1. The van der Waals surface area contributed by atoms with Crippen molar-refractivity contribution in [2.75, 3.05) is 6.54 Å². The Bertz CT molecular complexity index is 573. The Morgan fingerprint density at radius 2 is 2.06 bits per heavy atom. The highest BCUT2D eigenvalue weighted by Crippen LogP contribution is 2.30. The van der Waals surface area contributed by atoms with Crippen molar-refractivity contribution < 1.29 is 0 Å². The third-order valence-electron chi connectivity index (χ3n) is 3.12. The highest BCUT2D eigenvalue weighted by Gasteiger charge is 2.15. The summed E-state index contributed by atoms with van der Waals surface area (Å²) in [6.45, 7) is 4.83. The van der Waals surface area contributed by atoms with E-state index < -0.39 is 0 Å². The molecule has 0 aliphatic rings. The number of rotatable bonds is 3. The zero-order valence-corrected chi connectivity index (χ0v) is 12.6. The SMILES string of the molecule is Cc1ccc(-c2nc(CCN)n(C)c2Br)c(C)c1. The molecule has 0 aliphatic carbocycles. The largest absolute Gasteiger partial charge is 0.330 e. The molecule has 2 N–H and O–H groups in total. The molecule has 0 aliphatic heterocycles. The predicted octanol–water partition coefficient (Wildman–Crippen LogP) is 2.97. The summed E-state index contributed by atoms with van der Waals surface area (Å²) in [6.07, 6.45) is 0.792. The van der Waals surface area contributed by atoms with Gasteiger partial charge < -0.3 is 10.3 Å². The van der Waals surface area contributed by atoms with Crippen molar-refractivity contribution in [3.63, 3.8) is 0 Å². The molecule has 2 aromatic rings. The summed E-state index contributed by atoms with van der Waals surface area (Å²) in [4.78, 5) is 4.70. The van der Waals surface area contributed by atoms with Crippen LogP contribution in [0.25, 0.3) is 11.3 Å². The molecule has 0 radical (unpaired) electrons. The van der Waals surface area contributed by atoms with Gasteiger partial charge in [0.15, 0.2) is 0 Å². The van der Waals surface area contributed by atoms with E-state index in [9.17, 15) is 0 Å². The van der Waals surface area contributed by atoms with E-state index in [1.807, 2.05) is 7.05 Å². The van der Waals surface area contributed by atoms with E-state index >= 15 is 0 Å². The van der Waals surface area contributed by atoms with Crippen LogP contribution in [0.15, 0.2) is 22.8 Å². The minimum atomic E-state index is 0.615. The number of nitrogens with two attached hydrogens (primary N) is 1. The van der Waals surface area contributed by atoms with Crippen molar-refractivity contribution in [1.82, 2.24) is 9.55 Å². The smallest absolute Gasteiger partial charge is 0.112 e. The van der Waals surface area contributed by atoms with Crippen LogP contribution in [-0.2, 0) is 13.5 Å². The highest BCUT2D eigenvalue weighted by molar-refractivity contribution is 9.10. The molecule has 0 atom stereocenters. The second kappa shape index (κ2) is 5.24. The quantitative estimate of drug-likeness (QED) is 0.947. The van der Waals surface area contributed by atoms with Gasteiger partial charge in [-0.25, -0.2) is 4.98 Å². The Labute approximate surface area is 116 Å². The van der Waals surface area contributed by atoms with Crippen molar-refractivity contribution in [3.05, 3.63) is 39.8 Å². The van der Waals surface area contributed by atoms with Gasteiger partial charge in [-0.05, 0) is 41.9 Å². The van der Waals surface area contributed by atoms with E-state index in [-0.39, 0.29) is 0 Å². The summed E-state index contributed by atoms with van der Waals surface area (Å²) >= 11 is 3.62. The number of benzene rings is 1. The molecule has 3 nitrogen and oxygen atoms in total. The van der Waals surface area contributed by atoms with E-state index in [4.69, 9.17) is 10.7 Å². The van der Waals surface area contributed by atoms with Gasteiger partial charge in [-0.3, -0.25) is 0 Å². The first kappa shape index (κ1) is 13.3. The Hall–Kier alpha value is -1.13. The number of aryl methyl sites for hydroxylation is 2. The number of hydrogen-bond donors (Lipinski definition) is 1. The van der Waals surface area contributed by atoms with Crippen LogP contribution in [0, 0.1) is 13.8 Å². The van der Waals surface area contributed by atoms with Crippen molar-refractivity contribution in [2.24, 2.45) is 12.8 Å². The Kier molecular flexibility index (Phi) is 3.88. The molecule has 96 valence electrons. The topological polar surface area (TPSA) is 43.8 Å². The monoisotopic (exact) mass is 307 g/mol. The van der Waals surface area contributed by atoms with Crippen molar-refractivity contribution >= 4 is 15.9 Å². The fourth-order valence-electron chi connectivity index (χ4n) is 2.13. The standard InChI is InChI=1S/C14H18BrN3/c1-9-4-5-11(10(2)8-9)13-14(15)18(3)12(17-13)6-7-16/h4-5,8H,6-7,16H2,1-3H3. The zero-order chi connectivity index (χ0) is 13.3. The normalized spacial score (nSPS) is 10.9. The molecule has 0 fully saturated rings. The molecule has 4 heteroatoms. The lowest BCUT2D eigenvalue weighted by Crippen LogP contribution is -2.07. The first-order valence-electron chi connectivity index (χ1n) is 6.03. The Morgan fingerprint density at radius 3 is 2.67 bits per heavy atom. The van der Waals surface area contributed by atoms with E-state index in [2.05, 4.69) is 52.5 Å². The molecular formula is C14H18BrN3. The van der Waals surface area contributed by atoms with Crippen molar-refractivity contribution in [2.45, 2.75) is 20.3 Å². The van der Waals surface area contributed by atoms with Crippen LogP contribution in [0.5, 0.6) is 0 Å². The van der Waals surface area contributed by atoms with Crippen LogP contribution in [0.1, 0.15) is 17.0 Å². The first-order chi connectivity index (χ1) is 8.54. The summed E-state index contributed by atoms with van der Waals surface area (Å²) in [6, 6.07) is 6.43. The number of aromatic nitrogens is 2. The van der Waals surface area contributed by atoms with Gasteiger partial charge in [0.05, 0.1) is 0 Å². The van der Waals surface area contributed by atoms with Gasteiger partial charge in [0.1, 0.15) is 16.1 Å². The zero-order valence-electron chi connectivity index (χ0n) is 11.0. The average Bonchev–Trinajstić information content (AvgIpc) is 2.58. The summed E-state index contributed by atoms with van der Waals surface area (Å²) in [5.74, 6) is 1.01. The van der Waals surface area contributed by atoms with Gasteiger partial charge in [-0.15, -0.1) is 0 Å². The molecule has 1 aromatic carbocycles. The maximum atomic E-state index is 5.61. The van der Waals surface area contributed by atoms with Gasteiger partial charge in [-0.1, -0.05) is 23.8 Å². The first-order valence-corrected chi connectivity index (χ1v) is 6.82. The Balaban J connectivity index is 2.53. The molecule has 0 bridgehead atoms. The van der Waals surface area contributed by atoms with Crippen LogP contribution in [0.3, 0.4) is 0 Å². The van der Waals surface area contributed by atoms with E-state index in [1.165, 1.54) is 16.7 Å². The van der Waals surface area contributed by atoms with E-state index in [1.54, 1.807) is 0 Å². The van der Waals surface area contributed by atoms with Crippen LogP contribution in [0.2, 0.25) is 0 Å². The van der Waals surface area contributed by atoms with Gasteiger partial charge in [0.2, 0.25) is 0 Å². The molecule has 1 aromatic heterocycles. The molecular weight excluding hydrogens is 290 g/mol.